The van der Waals surface area contributed by atoms with E-state index >= 15 is 0 Å². The number of fused-ring (bicyclic) bond motifs is 2. The van der Waals surface area contributed by atoms with Crippen molar-refractivity contribution in [2.75, 3.05) is 11.9 Å². The molecule has 0 radical (unpaired) electrons. The van der Waals surface area contributed by atoms with Crippen LogP contribution in [0.1, 0.15) is 59.2 Å². The molecule has 6 rings (SSSR count). The number of carbonyl (C=O) groups is 2. The van der Waals surface area contributed by atoms with Gasteiger partial charge in [0.15, 0.2) is 5.82 Å². The van der Waals surface area contributed by atoms with Gasteiger partial charge in [-0.25, -0.2) is 4.98 Å². The zero-order valence-electron chi connectivity index (χ0n) is 30.3. The SMILES string of the molecule is Cc1c(Cc2nccc3cc(CNC[C@@H](O)CC(=O)O)cnc23)cccc1-c1cccc(Nc2nccc3cc(CCC[C@@H](O)CC(=O)O)cnc23)c1C. The minimum absolute atomic E-state index is 0.173. The molecule has 0 spiro atoms. The predicted molar refractivity (Wildman–Crippen MR) is 208 cm³/mol. The van der Waals surface area contributed by atoms with Gasteiger partial charge in [-0.05, 0) is 102 Å². The number of nitrogens with one attached hydrogen (secondary N) is 2. The van der Waals surface area contributed by atoms with Crippen molar-refractivity contribution in [1.82, 2.24) is 25.3 Å². The fourth-order valence-electron chi connectivity index (χ4n) is 6.76. The highest BCUT2D eigenvalue weighted by Crippen LogP contribution is 2.35. The van der Waals surface area contributed by atoms with Crippen molar-refractivity contribution in [3.8, 4) is 11.1 Å². The molecule has 4 aromatic heterocycles. The number of aliphatic carboxylic acids is 2. The van der Waals surface area contributed by atoms with Gasteiger partial charge in [0.1, 0.15) is 5.52 Å². The summed E-state index contributed by atoms with van der Waals surface area (Å²) in [6, 6.07) is 20.4. The van der Waals surface area contributed by atoms with E-state index in [1.807, 2.05) is 36.5 Å². The fourth-order valence-corrected chi connectivity index (χ4v) is 6.76. The first kappa shape index (κ1) is 37.9. The Morgan fingerprint density at radius 3 is 2.17 bits per heavy atom. The molecule has 12 heteroatoms. The molecule has 0 bridgehead atoms. The first-order valence-corrected chi connectivity index (χ1v) is 18.0. The van der Waals surface area contributed by atoms with Crippen LogP contribution in [0.2, 0.25) is 0 Å². The quantitative estimate of drug-likeness (QED) is 0.0618. The summed E-state index contributed by atoms with van der Waals surface area (Å²) in [4.78, 5) is 40.5. The third kappa shape index (κ3) is 9.39. The molecule has 0 aliphatic heterocycles. The summed E-state index contributed by atoms with van der Waals surface area (Å²) in [5.74, 6) is -1.39. The van der Waals surface area contributed by atoms with Crippen molar-refractivity contribution in [3.63, 3.8) is 0 Å². The molecule has 2 atom stereocenters. The van der Waals surface area contributed by atoms with Gasteiger partial charge in [0.05, 0.1) is 36.3 Å². The first-order chi connectivity index (χ1) is 26.0. The topological polar surface area (TPSA) is 191 Å². The number of carboxylic acid groups (broad SMARTS) is 2. The van der Waals surface area contributed by atoms with Crippen LogP contribution >= 0.6 is 0 Å². The highest BCUT2D eigenvalue weighted by Gasteiger charge is 2.16. The molecule has 6 N–H and O–H groups in total. The lowest BCUT2D eigenvalue weighted by Crippen LogP contribution is -2.28. The number of aryl methyl sites for hydroxylation is 1. The average molecular weight is 729 g/mol. The molecular formula is C42H44N6O6. The van der Waals surface area contributed by atoms with E-state index in [9.17, 15) is 19.8 Å². The van der Waals surface area contributed by atoms with Gasteiger partial charge in [-0.3, -0.25) is 24.5 Å². The molecule has 0 saturated heterocycles. The van der Waals surface area contributed by atoms with Crippen molar-refractivity contribution in [1.29, 1.82) is 0 Å². The van der Waals surface area contributed by atoms with Gasteiger partial charge < -0.3 is 31.1 Å². The molecule has 0 fully saturated rings. The van der Waals surface area contributed by atoms with E-state index in [1.165, 1.54) is 0 Å². The lowest BCUT2D eigenvalue weighted by atomic mass is 9.91. The summed E-state index contributed by atoms with van der Waals surface area (Å²) in [7, 11) is 0. The van der Waals surface area contributed by atoms with Crippen molar-refractivity contribution in [3.05, 3.63) is 119 Å². The maximum atomic E-state index is 10.8. The van der Waals surface area contributed by atoms with Crippen molar-refractivity contribution in [2.24, 2.45) is 0 Å². The highest BCUT2D eigenvalue weighted by atomic mass is 16.4. The zero-order chi connectivity index (χ0) is 38.2. The Bertz CT molecular complexity index is 2140. The van der Waals surface area contributed by atoms with Crippen LogP contribution in [0, 0.1) is 13.8 Å². The predicted octanol–water partition coefficient (Wildman–Crippen LogP) is 6.27. The number of aliphatic hydroxyl groups is 2. The number of rotatable bonds is 17. The largest absolute Gasteiger partial charge is 0.481 e. The standard InChI is InChI=1S/C42H44N6O6/c1-25-29(18-37-40-30(12-14-44-37)17-28(23-46-40)21-43-24-33(50)20-39(53)54)7-4-9-34(25)35-10-5-11-36(26(35)2)48-42-41-31(13-15-45-42)16-27(22-47-41)6-3-8-32(49)19-38(51)52/h4-5,7,9-17,22-23,32-33,43,49-50H,3,6,8,18-21,24H2,1-2H3,(H,45,48)(H,51,52)(H,53,54)/t32-,33+/m1/s1. The zero-order valence-corrected chi connectivity index (χ0v) is 30.3. The van der Waals surface area contributed by atoms with Gasteiger partial charge in [0, 0.05) is 60.8 Å². The smallest absolute Gasteiger partial charge is 0.306 e. The number of aromatic nitrogens is 4. The number of hydrogen-bond donors (Lipinski definition) is 6. The summed E-state index contributed by atoms with van der Waals surface area (Å²) < 4.78 is 0. The number of anilines is 2. The fraction of sp³-hybridized carbons (Fsp3) is 0.286. The number of benzene rings is 2. The van der Waals surface area contributed by atoms with Crippen LogP contribution in [-0.2, 0) is 29.0 Å². The number of pyridine rings is 4. The second kappa shape index (κ2) is 17.3. The maximum Gasteiger partial charge on any atom is 0.306 e. The van der Waals surface area contributed by atoms with E-state index < -0.39 is 24.1 Å². The van der Waals surface area contributed by atoms with Crippen LogP contribution in [0.3, 0.4) is 0 Å². The monoisotopic (exact) mass is 728 g/mol. The van der Waals surface area contributed by atoms with Gasteiger partial charge in [-0.2, -0.15) is 0 Å². The lowest BCUT2D eigenvalue weighted by molar-refractivity contribution is -0.140. The minimum Gasteiger partial charge on any atom is -0.481 e. The lowest BCUT2D eigenvalue weighted by Gasteiger charge is -2.17. The molecule has 6 aromatic rings. The molecule has 2 aromatic carbocycles. The minimum atomic E-state index is -1.04. The molecule has 0 aliphatic rings. The summed E-state index contributed by atoms with van der Waals surface area (Å²) in [6.45, 7) is 4.85. The molecular weight excluding hydrogens is 684 g/mol. The molecule has 54 heavy (non-hydrogen) atoms. The Labute approximate surface area is 313 Å². The van der Waals surface area contributed by atoms with E-state index in [0.717, 1.165) is 72.1 Å². The van der Waals surface area contributed by atoms with Crippen LogP contribution in [0.5, 0.6) is 0 Å². The summed E-state index contributed by atoms with van der Waals surface area (Å²) in [6.07, 6.45) is 7.12. The van der Waals surface area contributed by atoms with E-state index in [4.69, 9.17) is 25.2 Å². The van der Waals surface area contributed by atoms with Crippen LogP contribution in [0.15, 0.2) is 85.5 Å². The van der Waals surface area contributed by atoms with Crippen LogP contribution in [-0.4, -0.2) is 71.1 Å². The number of carboxylic acids is 2. The van der Waals surface area contributed by atoms with E-state index in [-0.39, 0.29) is 19.4 Å². The van der Waals surface area contributed by atoms with Crippen molar-refractivity contribution < 1.29 is 30.0 Å². The van der Waals surface area contributed by atoms with Gasteiger partial charge >= 0.3 is 11.9 Å². The maximum absolute atomic E-state index is 10.8. The van der Waals surface area contributed by atoms with Gasteiger partial charge in [0.2, 0.25) is 0 Å². The van der Waals surface area contributed by atoms with E-state index in [2.05, 4.69) is 59.8 Å². The Kier molecular flexibility index (Phi) is 12.2. The van der Waals surface area contributed by atoms with Gasteiger partial charge in [-0.15, -0.1) is 0 Å². The third-order valence-electron chi connectivity index (χ3n) is 9.60. The summed E-state index contributed by atoms with van der Waals surface area (Å²) in [5.41, 5.74) is 10.8. The molecule has 0 amide bonds. The molecule has 0 aliphatic carbocycles. The van der Waals surface area contributed by atoms with E-state index in [1.54, 1.807) is 18.6 Å². The Hall–Kier alpha value is -5.82. The van der Waals surface area contributed by atoms with E-state index in [0.29, 0.717) is 38.0 Å². The Morgan fingerprint density at radius 1 is 0.741 bits per heavy atom. The molecule has 0 unspecified atom stereocenters. The second-order valence-corrected chi connectivity index (χ2v) is 13.6. The number of nitrogens with zero attached hydrogens (tertiary/aromatic N) is 4. The summed E-state index contributed by atoms with van der Waals surface area (Å²) >= 11 is 0. The van der Waals surface area contributed by atoms with Gasteiger partial charge in [0.25, 0.3) is 0 Å². The number of hydrogen-bond acceptors (Lipinski definition) is 10. The Morgan fingerprint density at radius 2 is 1.39 bits per heavy atom. The molecule has 0 saturated carbocycles. The first-order valence-electron chi connectivity index (χ1n) is 18.0. The number of aliphatic hydroxyl groups excluding tert-OH is 2. The van der Waals surface area contributed by atoms with Crippen LogP contribution in [0.4, 0.5) is 11.5 Å². The summed E-state index contributed by atoms with van der Waals surface area (Å²) in [5, 5.41) is 46.0. The van der Waals surface area contributed by atoms with Crippen molar-refractivity contribution in [2.45, 2.75) is 71.1 Å². The van der Waals surface area contributed by atoms with Crippen molar-refractivity contribution >= 4 is 45.2 Å². The van der Waals surface area contributed by atoms with Crippen LogP contribution < -0.4 is 10.6 Å². The normalized spacial score (nSPS) is 12.5. The highest BCUT2D eigenvalue weighted by molar-refractivity contribution is 5.91. The molecule has 278 valence electrons. The van der Waals surface area contributed by atoms with Crippen LogP contribution in [0.25, 0.3) is 32.9 Å². The Balaban J connectivity index is 1.17. The second-order valence-electron chi connectivity index (χ2n) is 13.6. The molecule has 4 heterocycles. The molecule has 12 nitrogen and oxygen atoms in total. The van der Waals surface area contributed by atoms with Gasteiger partial charge in [-0.1, -0.05) is 30.3 Å². The third-order valence-corrected chi connectivity index (χ3v) is 9.60. The average Bonchev–Trinajstić information content (AvgIpc) is 3.13.